The van der Waals surface area contributed by atoms with Gasteiger partial charge in [0.15, 0.2) is 5.82 Å². The number of amides is 1. The average Bonchev–Trinajstić information content (AvgIpc) is 3.02. The number of aryl methyl sites for hydroxylation is 1. The second-order valence-corrected chi connectivity index (χ2v) is 7.05. The van der Waals surface area contributed by atoms with Crippen molar-refractivity contribution in [1.82, 2.24) is 15.5 Å². The number of H-pyrrole nitrogens is 1. The summed E-state index contributed by atoms with van der Waals surface area (Å²) >= 11 is 0.401. The molecule has 0 spiro atoms. The van der Waals surface area contributed by atoms with Crippen molar-refractivity contribution in [2.75, 3.05) is 18.0 Å². The molecule has 1 aromatic heterocycles. The number of benzene rings is 1. The molecule has 0 bridgehead atoms. The number of piperidine rings is 1. The third kappa shape index (κ3) is 4.50. The van der Waals surface area contributed by atoms with Crippen LogP contribution in [0.15, 0.2) is 35.2 Å². The van der Waals surface area contributed by atoms with Crippen molar-refractivity contribution in [3.63, 3.8) is 0 Å². The summed E-state index contributed by atoms with van der Waals surface area (Å²) in [6, 6.07) is 8.51. The van der Waals surface area contributed by atoms with Gasteiger partial charge in [-0.05, 0) is 31.9 Å². The van der Waals surface area contributed by atoms with Crippen molar-refractivity contribution in [1.29, 1.82) is 0 Å². The van der Waals surface area contributed by atoms with Crippen LogP contribution in [0, 0.1) is 6.92 Å². The molecular formula is C17H20F2N4OS. The Morgan fingerprint density at radius 2 is 2.08 bits per heavy atom. The van der Waals surface area contributed by atoms with Gasteiger partial charge in [0, 0.05) is 35.8 Å². The van der Waals surface area contributed by atoms with Gasteiger partial charge in [-0.25, -0.2) is 0 Å². The van der Waals surface area contributed by atoms with Crippen molar-refractivity contribution in [3.05, 3.63) is 41.6 Å². The SMILES string of the molecule is Cc1cc(N2CCC(NC(=O)c3ccccc3SC(F)F)CC2)n[nH]1. The Bertz CT molecular complexity index is 729. The van der Waals surface area contributed by atoms with Gasteiger partial charge in [-0.3, -0.25) is 9.89 Å². The molecule has 2 heterocycles. The number of hydrogen-bond acceptors (Lipinski definition) is 4. The molecule has 1 aliphatic rings. The number of nitrogens with zero attached hydrogens (tertiary/aromatic N) is 2. The van der Waals surface area contributed by atoms with E-state index in [4.69, 9.17) is 0 Å². The fourth-order valence-corrected chi connectivity index (χ4v) is 3.57. The van der Waals surface area contributed by atoms with Crippen LogP contribution < -0.4 is 10.2 Å². The summed E-state index contributed by atoms with van der Waals surface area (Å²) in [6.07, 6.45) is 1.59. The molecule has 0 atom stereocenters. The minimum atomic E-state index is -2.55. The zero-order valence-electron chi connectivity index (χ0n) is 13.8. The lowest BCUT2D eigenvalue weighted by Gasteiger charge is -2.32. The van der Waals surface area contributed by atoms with Gasteiger partial charge in [0.1, 0.15) is 0 Å². The van der Waals surface area contributed by atoms with Crippen molar-refractivity contribution < 1.29 is 13.6 Å². The monoisotopic (exact) mass is 366 g/mol. The van der Waals surface area contributed by atoms with Crippen LogP contribution >= 0.6 is 11.8 Å². The van der Waals surface area contributed by atoms with E-state index in [9.17, 15) is 13.6 Å². The highest BCUT2D eigenvalue weighted by Crippen LogP contribution is 2.28. The van der Waals surface area contributed by atoms with Crippen LogP contribution in [0.1, 0.15) is 28.9 Å². The van der Waals surface area contributed by atoms with E-state index in [2.05, 4.69) is 20.4 Å². The van der Waals surface area contributed by atoms with Gasteiger partial charge in [0.2, 0.25) is 0 Å². The molecule has 2 aromatic rings. The number of halogens is 2. The summed E-state index contributed by atoms with van der Waals surface area (Å²) in [4.78, 5) is 14.9. The second kappa shape index (κ2) is 7.86. The predicted molar refractivity (Wildman–Crippen MR) is 94.3 cm³/mol. The number of thioether (sulfide) groups is 1. The van der Waals surface area contributed by atoms with Crippen LogP contribution in [0.5, 0.6) is 0 Å². The molecule has 8 heteroatoms. The minimum absolute atomic E-state index is 0.0356. The van der Waals surface area contributed by atoms with Crippen molar-refractivity contribution in [2.45, 2.75) is 36.5 Å². The molecular weight excluding hydrogens is 346 g/mol. The van der Waals surface area contributed by atoms with Gasteiger partial charge < -0.3 is 10.2 Å². The van der Waals surface area contributed by atoms with Gasteiger partial charge in [0.25, 0.3) is 11.7 Å². The third-order valence-electron chi connectivity index (χ3n) is 4.19. The Morgan fingerprint density at radius 3 is 2.72 bits per heavy atom. The predicted octanol–water partition coefficient (Wildman–Crippen LogP) is 3.43. The van der Waals surface area contributed by atoms with Crippen molar-refractivity contribution in [3.8, 4) is 0 Å². The number of nitrogens with one attached hydrogen (secondary N) is 2. The van der Waals surface area contributed by atoms with Crippen LogP contribution in [0.2, 0.25) is 0 Å². The number of carbonyl (C=O) groups excluding carboxylic acids is 1. The van der Waals surface area contributed by atoms with Gasteiger partial charge in [0.05, 0.1) is 5.56 Å². The van der Waals surface area contributed by atoms with E-state index < -0.39 is 5.76 Å². The minimum Gasteiger partial charge on any atom is -0.355 e. The molecule has 2 N–H and O–H groups in total. The Hall–Kier alpha value is -2.09. The quantitative estimate of drug-likeness (QED) is 0.796. The van der Waals surface area contributed by atoms with E-state index in [1.54, 1.807) is 24.3 Å². The molecule has 1 amide bonds. The maximum atomic E-state index is 12.6. The summed E-state index contributed by atoms with van der Waals surface area (Å²) in [5, 5.41) is 10.2. The molecule has 0 aliphatic carbocycles. The third-order valence-corrected chi connectivity index (χ3v) is 4.98. The van der Waals surface area contributed by atoms with E-state index in [0.717, 1.165) is 37.4 Å². The standard InChI is InChI=1S/C17H20F2N4OS/c1-11-10-15(22-21-11)23-8-6-12(7-9-23)20-16(24)13-4-2-3-5-14(13)25-17(18)19/h2-5,10,12,17H,6-9H2,1H3,(H,20,24)(H,21,22). The number of anilines is 1. The molecule has 0 unspecified atom stereocenters. The zero-order valence-corrected chi connectivity index (χ0v) is 14.7. The molecule has 1 saturated heterocycles. The van der Waals surface area contributed by atoms with Gasteiger partial charge in [-0.2, -0.15) is 13.9 Å². The number of carbonyl (C=O) groups is 1. The van der Waals surface area contributed by atoms with Crippen LogP contribution in [0.25, 0.3) is 0 Å². The Labute approximate surface area is 149 Å². The normalized spacial score (nSPS) is 15.6. The summed E-state index contributed by atoms with van der Waals surface area (Å²) in [6.45, 7) is 3.55. The van der Waals surface area contributed by atoms with Gasteiger partial charge in [-0.15, -0.1) is 0 Å². The summed E-state index contributed by atoms with van der Waals surface area (Å²) in [5.41, 5.74) is 1.32. The highest BCUT2D eigenvalue weighted by Gasteiger charge is 2.23. The first kappa shape index (κ1) is 17.7. The second-order valence-electron chi connectivity index (χ2n) is 6.02. The van der Waals surface area contributed by atoms with E-state index in [1.165, 1.54) is 0 Å². The van der Waals surface area contributed by atoms with E-state index in [0.29, 0.717) is 22.2 Å². The maximum absolute atomic E-state index is 12.6. The maximum Gasteiger partial charge on any atom is 0.288 e. The van der Waals surface area contributed by atoms with Crippen LogP contribution in [0.4, 0.5) is 14.6 Å². The number of hydrogen-bond donors (Lipinski definition) is 2. The molecule has 25 heavy (non-hydrogen) atoms. The summed E-state index contributed by atoms with van der Waals surface area (Å²) in [5.74, 6) is -1.92. The first-order valence-electron chi connectivity index (χ1n) is 8.14. The van der Waals surface area contributed by atoms with E-state index in [1.807, 2.05) is 13.0 Å². The zero-order chi connectivity index (χ0) is 17.8. The molecule has 0 saturated carbocycles. The lowest BCUT2D eigenvalue weighted by Crippen LogP contribution is -2.45. The lowest BCUT2D eigenvalue weighted by atomic mass is 10.0. The van der Waals surface area contributed by atoms with Crippen molar-refractivity contribution in [2.24, 2.45) is 0 Å². The first-order chi connectivity index (χ1) is 12.0. The Balaban J connectivity index is 1.58. The largest absolute Gasteiger partial charge is 0.355 e. The van der Waals surface area contributed by atoms with Gasteiger partial charge in [-0.1, -0.05) is 23.9 Å². The molecule has 1 aliphatic heterocycles. The molecule has 134 valence electrons. The fraction of sp³-hybridized carbons (Fsp3) is 0.412. The topological polar surface area (TPSA) is 61.0 Å². The number of aromatic amines is 1. The number of aromatic nitrogens is 2. The molecule has 0 radical (unpaired) electrons. The average molecular weight is 366 g/mol. The highest BCUT2D eigenvalue weighted by molar-refractivity contribution is 7.99. The highest BCUT2D eigenvalue weighted by atomic mass is 32.2. The molecule has 3 rings (SSSR count). The van der Waals surface area contributed by atoms with Crippen LogP contribution in [-0.2, 0) is 0 Å². The molecule has 5 nitrogen and oxygen atoms in total. The smallest absolute Gasteiger partial charge is 0.288 e. The van der Waals surface area contributed by atoms with Gasteiger partial charge >= 0.3 is 0 Å². The molecule has 1 aromatic carbocycles. The number of alkyl halides is 2. The Kier molecular flexibility index (Phi) is 5.57. The summed E-state index contributed by atoms with van der Waals surface area (Å²) in [7, 11) is 0. The first-order valence-corrected chi connectivity index (χ1v) is 9.02. The van der Waals surface area contributed by atoms with E-state index >= 15 is 0 Å². The lowest BCUT2D eigenvalue weighted by molar-refractivity contribution is 0.0928. The molecule has 1 fully saturated rings. The number of rotatable bonds is 5. The van der Waals surface area contributed by atoms with Crippen molar-refractivity contribution >= 4 is 23.5 Å². The fourth-order valence-electron chi connectivity index (χ4n) is 2.93. The summed E-state index contributed by atoms with van der Waals surface area (Å²) < 4.78 is 25.3. The van der Waals surface area contributed by atoms with Crippen LogP contribution in [0.3, 0.4) is 0 Å². The van der Waals surface area contributed by atoms with Crippen LogP contribution in [-0.4, -0.2) is 41.0 Å². The van der Waals surface area contributed by atoms with E-state index in [-0.39, 0.29) is 11.9 Å². The Morgan fingerprint density at radius 1 is 1.36 bits per heavy atom.